The number of carbonyl (C=O) groups is 1. The lowest BCUT2D eigenvalue weighted by molar-refractivity contribution is -0.145. The van der Waals surface area contributed by atoms with Crippen molar-refractivity contribution in [1.29, 1.82) is 0 Å². The minimum atomic E-state index is -0.926. The Morgan fingerprint density at radius 2 is 2.00 bits per heavy atom. The number of piperidine rings is 1. The number of hydrogen-bond donors (Lipinski definition) is 1. The van der Waals surface area contributed by atoms with E-state index >= 15 is 0 Å². The van der Waals surface area contributed by atoms with Crippen LogP contribution in [0.4, 0.5) is 0 Å². The zero-order chi connectivity index (χ0) is 17.3. The molecule has 1 atom stereocenters. The maximum absolute atomic E-state index is 13.2. The van der Waals surface area contributed by atoms with E-state index in [4.69, 9.17) is 0 Å². The van der Waals surface area contributed by atoms with Crippen molar-refractivity contribution >= 4 is 5.91 Å². The molecule has 1 saturated carbocycles. The summed E-state index contributed by atoms with van der Waals surface area (Å²) in [5.74, 6) is 0.202. The number of carbonyl (C=O) groups excluding carboxylic acids is 1. The quantitative estimate of drug-likeness (QED) is 0.898. The number of benzene rings is 1. The fraction of sp³-hybridized carbons (Fsp3) is 0.526. The van der Waals surface area contributed by atoms with Crippen molar-refractivity contribution in [2.45, 2.75) is 44.2 Å². The monoisotopic (exact) mass is 340 g/mol. The van der Waals surface area contributed by atoms with Gasteiger partial charge in [-0.25, -0.2) is 4.68 Å². The maximum atomic E-state index is 13.2. The fourth-order valence-electron chi connectivity index (χ4n) is 3.97. The lowest BCUT2D eigenvalue weighted by Crippen LogP contribution is -2.54. The van der Waals surface area contributed by atoms with Crippen molar-refractivity contribution in [1.82, 2.24) is 19.9 Å². The van der Waals surface area contributed by atoms with Crippen LogP contribution in [0, 0.1) is 5.41 Å². The van der Waals surface area contributed by atoms with Crippen LogP contribution in [-0.2, 0) is 17.8 Å². The number of aliphatic hydroxyl groups is 1. The molecule has 0 spiro atoms. The Hall–Kier alpha value is -2.21. The molecule has 1 aliphatic carbocycles. The number of nitrogens with zero attached hydrogens (tertiary/aromatic N) is 4. The van der Waals surface area contributed by atoms with Crippen molar-refractivity contribution in [3.63, 3.8) is 0 Å². The third-order valence-corrected chi connectivity index (χ3v) is 5.46. The maximum Gasteiger partial charge on any atom is 0.229 e. The molecule has 6 heteroatoms. The van der Waals surface area contributed by atoms with Crippen molar-refractivity contribution < 1.29 is 9.90 Å². The first kappa shape index (κ1) is 16.3. The Kier molecular flexibility index (Phi) is 4.07. The van der Waals surface area contributed by atoms with Gasteiger partial charge in [0.15, 0.2) is 0 Å². The number of hydrogen-bond acceptors (Lipinski definition) is 4. The third-order valence-electron chi connectivity index (χ3n) is 5.46. The highest BCUT2D eigenvalue weighted by molar-refractivity contribution is 5.86. The van der Waals surface area contributed by atoms with Crippen molar-refractivity contribution in [2.24, 2.45) is 5.41 Å². The Morgan fingerprint density at radius 1 is 1.20 bits per heavy atom. The van der Waals surface area contributed by atoms with E-state index in [1.165, 1.54) is 5.56 Å². The molecule has 132 valence electrons. The molecule has 0 bridgehead atoms. The second-order valence-electron chi connectivity index (χ2n) is 7.60. The molecule has 1 N–H and O–H groups in total. The average Bonchev–Trinajstić information content (AvgIpc) is 3.21. The van der Waals surface area contributed by atoms with Crippen LogP contribution < -0.4 is 0 Å². The first-order valence-electron chi connectivity index (χ1n) is 8.99. The average molecular weight is 340 g/mol. The van der Waals surface area contributed by atoms with Crippen LogP contribution in [0.1, 0.15) is 31.2 Å². The molecule has 25 heavy (non-hydrogen) atoms. The normalized spacial score (nSPS) is 24.9. The first-order chi connectivity index (χ1) is 12.1. The molecule has 1 saturated heterocycles. The zero-order valence-electron chi connectivity index (χ0n) is 14.3. The van der Waals surface area contributed by atoms with Gasteiger partial charge in [0, 0.05) is 12.7 Å². The molecular formula is C19H24N4O2. The highest BCUT2D eigenvalue weighted by atomic mass is 16.3. The largest absolute Gasteiger partial charge is 0.386 e. The highest BCUT2D eigenvalue weighted by Crippen LogP contribution is 2.50. The van der Waals surface area contributed by atoms with Crippen molar-refractivity contribution in [3.05, 3.63) is 48.3 Å². The van der Waals surface area contributed by atoms with Crippen LogP contribution in [0.5, 0.6) is 0 Å². The van der Waals surface area contributed by atoms with Gasteiger partial charge in [-0.2, -0.15) is 0 Å². The number of aromatic nitrogens is 3. The molecule has 2 fully saturated rings. The molecule has 1 aliphatic heterocycles. The van der Waals surface area contributed by atoms with Gasteiger partial charge in [-0.15, -0.1) is 5.10 Å². The summed E-state index contributed by atoms with van der Waals surface area (Å²) in [5, 5.41) is 18.7. The molecule has 1 aromatic carbocycles. The van der Waals surface area contributed by atoms with Crippen LogP contribution in [0.25, 0.3) is 0 Å². The van der Waals surface area contributed by atoms with Gasteiger partial charge in [0.2, 0.25) is 5.91 Å². The number of β-amino-alcohol motifs (C(OH)–C–C–N with tert-alkyl or cyclic N) is 1. The predicted octanol–water partition coefficient (Wildman–Crippen LogP) is 1.65. The number of amides is 1. The van der Waals surface area contributed by atoms with Gasteiger partial charge < -0.3 is 10.0 Å². The fourth-order valence-corrected chi connectivity index (χ4v) is 3.97. The van der Waals surface area contributed by atoms with E-state index in [1.807, 2.05) is 23.1 Å². The van der Waals surface area contributed by atoms with Gasteiger partial charge in [0.1, 0.15) is 5.60 Å². The zero-order valence-corrected chi connectivity index (χ0v) is 14.3. The van der Waals surface area contributed by atoms with Gasteiger partial charge in [-0.05, 0) is 37.7 Å². The van der Waals surface area contributed by atoms with Gasteiger partial charge >= 0.3 is 0 Å². The molecular weight excluding hydrogens is 316 g/mol. The molecule has 0 radical (unpaired) electrons. The molecule has 2 heterocycles. The summed E-state index contributed by atoms with van der Waals surface area (Å²) >= 11 is 0. The highest BCUT2D eigenvalue weighted by Gasteiger charge is 2.52. The number of likely N-dealkylation sites (tertiary alicyclic amines) is 1. The van der Waals surface area contributed by atoms with E-state index in [0.29, 0.717) is 19.5 Å². The minimum absolute atomic E-state index is 0.202. The Balaban J connectivity index is 1.45. The number of rotatable bonds is 5. The first-order valence-corrected chi connectivity index (χ1v) is 8.99. The third kappa shape index (κ3) is 3.44. The van der Waals surface area contributed by atoms with Crippen LogP contribution >= 0.6 is 0 Å². The summed E-state index contributed by atoms with van der Waals surface area (Å²) in [6.07, 6.45) is 7.54. The Morgan fingerprint density at radius 3 is 2.68 bits per heavy atom. The smallest absolute Gasteiger partial charge is 0.229 e. The topological polar surface area (TPSA) is 71.2 Å². The van der Waals surface area contributed by atoms with E-state index in [-0.39, 0.29) is 11.3 Å². The Bertz CT molecular complexity index is 727. The second-order valence-corrected chi connectivity index (χ2v) is 7.60. The molecule has 6 nitrogen and oxygen atoms in total. The Labute approximate surface area is 147 Å². The van der Waals surface area contributed by atoms with Crippen LogP contribution in [-0.4, -0.2) is 49.6 Å². The van der Waals surface area contributed by atoms with Crippen LogP contribution in [0.2, 0.25) is 0 Å². The second kappa shape index (κ2) is 6.26. The van der Waals surface area contributed by atoms with E-state index in [2.05, 4.69) is 22.4 Å². The lowest BCUT2D eigenvalue weighted by Gasteiger charge is -2.40. The van der Waals surface area contributed by atoms with E-state index in [1.54, 1.807) is 17.1 Å². The summed E-state index contributed by atoms with van der Waals surface area (Å²) in [6, 6.07) is 10.2. The van der Waals surface area contributed by atoms with Crippen molar-refractivity contribution in [3.8, 4) is 0 Å². The molecule has 2 aliphatic rings. The van der Waals surface area contributed by atoms with E-state index in [9.17, 15) is 9.90 Å². The van der Waals surface area contributed by atoms with Crippen molar-refractivity contribution in [2.75, 3.05) is 13.1 Å². The summed E-state index contributed by atoms with van der Waals surface area (Å²) in [7, 11) is 0. The van der Waals surface area contributed by atoms with Gasteiger partial charge in [-0.3, -0.25) is 4.79 Å². The molecule has 1 unspecified atom stereocenters. The summed E-state index contributed by atoms with van der Waals surface area (Å²) in [5.41, 5.74) is 0.0281. The molecule has 2 aromatic rings. The molecule has 1 amide bonds. The van der Waals surface area contributed by atoms with Crippen LogP contribution in [0.15, 0.2) is 42.7 Å². The summed E-state index contributed by atoms with van der Waals surface area (Å²) in [4.78, 5) is 15.0. The lowest BCUT2D eigenvalue weighted by atomic mass is 9.89. The van der Waals surface area contributed by atoms with Gasteiger partial charge in [-0.1, -0.05) is 35.5 Å². The summed E-state index contributed by atoms with van der Waals surface area (Å²) in [6.45, 7) is 1.49. The predicted molar refractivity (Wildman–Crippen MR) is 92.6 cm³/mol. The standard InChI is InChI=1S/C19H24N4O2/c24-17(18(8-9-18)13-16-5-2-1-3-6-16)22-11-4-7-19(25,14-22)15-23-12-10-20-21-23/h1-3,5-6,10,12,25H,4,7-9,11,13-15H2. The minimum Gasteiger partial charge on any atom is -0.386 e. The molecule has 1 aromatic heterocycles. The van der Waals surface area contributed by atoms with E-state index < -0.39 is 5.60 Å². The summed E-state index contributed by atoms with van der Waals surface area (Å²) < 4.78 is 1.64. The van der Waals surface area contributed by atoms with E-state index in [0.717, 1.165) is 32.2 Å². The molecule has 4 rings (SSSR count). The SMILES string of the molecule is O=C(N1CCCC(O)(Cn2ccnn2)C1)C1(Cc2ccccc2)CC1. The van der Waals surface area contributed by atoms with Gasteiger partial charge in [0.05, 0.1) is 24.7 Å². The van der Waals surface area contributed by atoms with Crippen LogP contribution in [0.3, 0.4) is 0 Å². The van der Waals surface area contributed by atoms with Gasteiger partial charge in [0.25, 0.3) is 0 Å².